The molecule has 9 heteroatoms. The fourth-order valence-electron chi connectivity index (χ4n) is 6.03. The second kappa shape index (κ2) is 9.55. The largest absolute Gasteiger partial charge is 0.466 e. The van der Waals surface area contributed by atoms with E-state index in [0.717, 1.165) is 6.42 Å². The van der Waals surface area contributed by atoms with Crippen molar-refractivity contribution in [1.29, 1.82) is 0 Å². The highest BCUT2D eigenvalue weighted by Crippen LogP contribution is 2.71. The maximum atomic E-state index is 14.3. The number of anilines is 1. The number of amides is 2. The second-order valence-electron chi connectivity index (χ2n) is 9.28. The van der Waals surface area contributed by atoms with Gasteiger partial charge in [-0.25, -0.2) is 0 Å². The Bertz CT molecular complexity index is 1010. The molecule has 4 rings (SSSR count). The molecule has 2 amide bonds. The van der Waals surface area contributed by atoms with Gasteiger partial charge in [0, 0.05) is 24.4 Å². The van der Waals surface area contributed by atoms with E-state index in [0.29, 0.717) is 23.6 Å². The van der Waals surface area contributed by atoms with Crippen LogP contribution in [0.25, 0.3) is 0 Å². The van der Waals surface area contributed by atoms with E-state index in [1.165, 1.54) is 0 Å². The number of likely N-dealkylation sites (tertiary alicyclic amines) is 1. The van der Waals surface area contributed by atoms with Crippen LogP contribution < -0.4 is 4.90 Å². The van der Waals surface area contributed by atoms with Crippen molar-refractivity contribution in [3.63, 3.8) is 0 Å². The van der Waals surface area contributed by atoms with Crippen LogP contribution in [0.4, 0.5) is 5.69 Å². The highest BCUT2D eigenvalue weighted by atomic mass is 35.5. The number of nitrogens with zero attached hydrogens (tertiary/aromatic N) is 2. The van der Waals surface area contributed by atoms with E-state index in [2.05, 4.69) is 6.58 Å². The molecule has 1 N–H and O–H groups in total. The number of halogens is 1. The minimum atomic E-state index is -0.779. The zero-order valence-electron chi connectivity index (χ0n) is 19.5. The number of fused-ring (bicyclic) bond motifs is 1. The molecule has 3 fully saturated rings. The number of hydrogen-bond acceptors (Lipinski definition) is 6. The summed E-state index contributed by atoms with van der Waals surface area (Å²) < 4.78 is 4.18. The molecule has 1 spiro atoms. The van der Waals surface area contributed by atoms with Crippen LogP contribution >= 0.6 is 23.4 Å². The van der Waals surface area contributed by atoms with Crippen LogP contribution in [0.5, 0.6) is 0 Å². The molecule has 3 saturated heterocycles. The highest BCUT2D eigenvalue weighted by Gasteiger charge is 2.77. The van der Waals surface area contributed by atoms with Crippen molar-refractivity contribution < 1.29 is 24.2 Å². The molecule has 3 heterocycles. The first-order valence-corrected chi connectivity index (χ1v) is 12.9. The van der Waals surface area contributed by atoms with Gasteiger partial charge in [0.2, 0.25) is 5.91 Å². The van der Waals surface area contributed by atoms with Gasteiger partial charge in [-0.3, -0.25) is 14.4 Å². The predicted molar refractivity (Wildman–Crippen MR) is 133 cm³/mol. The van der Waals surface area contributed by atoms with Crippen LogP contribution in [0.2, 0.25) is 5.02 Å². The number of ether oxygens (including phenoxy) is 1. The smallest absolute Gasteiger partial charge is 0.311 e. The number of esters is 1. The SMILES string of the molecule is C=CCN(C(=O)C1N(CCCO)C(=O)[C@@H]2[C@@H](C(=O)OCC)[C@@]3(C)CCC12S3)c1ccccc1Cl. The number of aliphatic hydroxyl groups excluding tert-OH is 1. The number of para-hydroxylation sites is 1. The Hall–Kier alpha value is -2.03. The molecular weight excluding hydrogens is 476 g/mol. The summed E-state index contributed by atoms with van der Waals surface area (Å²) in [4.78, 5) is 44.3. The Kier molecular flexibility index (Phi) is 7.04. The van der Waals surface area contributed by atoms with Gasteiger partial charge in [-0.05, 0) is 45.2 Å². The van der Waals surface area contributed by atoms with Gasteiger partial charge in [-0.1, -0.05) is 29.8 Å². The number of rotatable bonds is 9. The zero-order valence-corrected chi connectivity index (χ0v) is 21.1. The standard InChI is InChI=1S/C25H31ClN2O5S/c1-4-13-27(17-10-7-6-9-16(17)26)22(31)20-25-12-11-24(3,34-25)19(23(32)33-5-2)18(25)21(30)28(20)14-8-15-29/h4,6-7,9-10,18-20,29H,1,5,8,11-15H2,2-3H3/t18-,19-,20?,24+,25?/m0/s1. The number of aliphatic hydroxyl groups is 1. The zero-order chi connectivity index (χ0) is 24.7. The third kappa shape index (κ3) is 3.74. The molecule has 184 valence electrons. The van der Waals surface area contributed by atoms with Crippen molar-refractivity contribution in [2.24, 2.45) is 11.8 Å². The Morgan fingerprint density at radius 1 is 1.38 bits per heavy atom. The number of thioether (sulfide) groups is 1. The fourth-order valence-corrected chi connectivity index (χ4v) is 8.61. The fraction of sp³-hybridized carbons (Fsp3) is 0.560. The van der Waals surface area contributed by atoms with Crippen molar-refractivity contribution in [3.05, 3.63) is 41.9 Å². The summed E-state index contributed by atoms with van der Waals surface area (Å²) in [6.07, 6.45) is 3.35. The molecule has 1 aromatic rings. The first-order valence-electron chi connectivity index (χ1n) is 11.7. The summed E-state index contributed by atoms with van der Waals surface area (Å²) in [6, 6.07) is 6.32. The third-order valence-corrected chi connectivity index (χ3v) is 9.63. The van der Waals surface area contributed by atoms with E-state index in [1.807, 2.05) is 13.0 Å². The molecule has 5 atom stereocenters. The van der Waals surface area contributed by atoms with Gasteiger partial charge in [0.25, 0.3) is 5.91 Å². The lowest BCUT2D eigenvalue weighted by atomic mass is 9.66. The minimum absolute atomic E-state index is 0.102. The molecule has 0 aliphatic carbocycles. The van der Waals surface area contributed by atoms with Crippen LogP contribution in [0.1, 0.15) is 33.1 Å². The van der Waals surface area contributed by atoms with Gasteiger partial charge in [0.1, 0.15) is 6.04 Å². The minimum Gasteiger partial charge on any atom is -0.466 e. The first-order chi connectivity index (χ1) is 16.3. The summed E-state index contributed by atoms with van der Waals surface area (Å²) in [5, 5.41) is 9.91. The third-order valence-electron chi connectivity index (χ3n) is 7.33. The summed E-state index contributed by atoms with van der Waals surface area (Å²) in [5.74, 6) is -2.08. The number of carbonyl (C=O) groups excluding carboxylic acids is 3. The van der Waals surface area contributed by atoms with E-state index in [4.69, 9.17) is 16.3 Å². The molecule has 34 heavy (non-hydrogen) atoms. The molecule has 7 nitrogen and oxygen atoms in total. The van der Waals surface area contributed by atoms with Gasteiger partial charge in [-0.2, -0.15) is 0 Å². The van der Waals surface area contributed by atoms with Crippen LogP contribution in [-0.4, -0.2) is 69.6 Å². The van der Waals surface area contributed by atoms with Crippen molar-refractivity contribution in [1.82, 2.24) is 4.90 Å². The van der Waals surface area contributed by atoms with Gasteiger partial charge in [-0.15, -0.1) is 18.3 Å². The normalized spacial score (nSPS) is 31.5. The van der Waals surface area contributed by atoms with Gasteiger partial charge < -0.3 is 19.6 Å². The summed E-state index contributed by atoms with van der Waals surface area (Å²) >= 11 is 8.05. The van der Waals surface area contributed by atoms with Crippen LogP contribution in [0, 0.1) is 11.8 Å². The van der Waals surface area contributed by atoms with Crippen molar-refractivity contribution in [2.45, 2.75) is 48.6 Å². The quantitative estimate of drug-likeness (QED) is 0.408. The lowest BCUT2D eigenvalue weighted by Gasteiger charge is -2.37. The number of hydrogen-bond donors (Lipinski definition) is 1. The highest BCUT2D eigenvalue weighted by molar-refractivity contribution is 8.02. The maximum absolute atomic E-state index is 14.3. The first kappa shape index (κ1) is 25.1. The van der Waals surface area contributed by atoms with Crippen LogP contribution in [0.3, 0.4) is 0 Å². The van der Waals surface area contributed by atoms with E-state index >= 15 is 0 Å². The second-order valence-corrected chi connectivity index (χ2v) is 11.6. The molecule has 0 saturated carbocycles. The number of carbonyl (C=O) groups is 3. The lowest BCUT2D eigenvalue weighted by molar-refractivity contribution is -0.155. The Balaban J connectivity index is 1.80. The molecule has 0 radical (unpaired) electrons. The van der Waals surface area contributed by atoms with Gasteiger partial charge in [0.05, 0.1) is 33.9 Å². The molecule has 3 aliphatic rings. The summed E-state index contributed by atoms with van der Waals surface area (Å²) in [7, 11) is 0. The van der Waals surface area contributed by atoms with Crippen molar-refractivity contribution >= 4 is 46.8 Å². The predicted octanol–water partition coefficient (Wildman–Crippen LogP) is 3.29. The average Bonchev–Trinajstić information content (AvgIpc) is 3.37. The molecular formula is C25H31ClN2O5S. The Morgan fingerprint density at radius 3 is 2.76 bits per heavy atom. The van der Waals surface area contributed by atoms with E-state index in [-0.39, 0.29) is 44.1 Å². The molecule has 3 aliphatic heterocycles. The topological polar surface area (TPSA) is 87.2 Å². The van der Waals surface area contributed by atoms with Crippen LogP contribution in [-0.2, 0) is 19.1 Å². The average molecular weight is 507 g/mol. The molecule has 1 aromatic carbocycles. The molecule has 2 bridgehead atoms. The lowest BCUT2D eigenvalue weighted by Crippen LogP contribution is -2.55. The van der Waals surface area contributed by atoms with Crippen LogP contribution in [0.15, 0.2) is 36.9 Å². The monoisotopic (exact) mass is 506 g/mol. The Morgan fingerprint density at radius 2 is 2.12 bits per heavy atom. The molecule has 0 aromatic heterocycles. The Labute approximate surface area is 209 Å². The van der Waals surface area contributed by atoms with Gasteiger partial charge in [0.15, 0.2) is 0 Å². The van der Waals surface area contributed by atoms with E-state index in [1.54, 1.807) is 52.8 Å². The summed E-state index contributed by atoms with van der Waals surface area (Å²) in [6.45, 7) is 8.17. The van der Waals surface area contributed by atoms with Crippen molar-refractivity contribution in [3.8, 4) is 0 Å². The van der Waals surface area contributed by atoms with E-state index < -0.39 is 27.4 Å². The van der Waals surface area contributed by atoms with E-state index in [9.17, 15) is 19.5 Å². The number of benzene rings is 1. The molecule has 2 unspecified atom stereocenters. The summed E-state index contributed by atoms with van der Waals surface area (Å²) in [5.41, 5.74) is 0.550. The van der Waals surface area contributed by atoms with Gasteiger partial charge >= 0.3 is 5.97 Å². The maximum Gasteiger partial charge on any atom is 0.311 e. The van der Waals surface area contributed by atoms with Crippen molar-refractivity contribution in [2.75, 3.05) is 31.2 Å².